The van der Waals surface area contributed by atoms with Gasteiger partial charge in [0.2, 0.25) is 0 Å². The van der Waals surface area contributed by atoms with Crippen molar-refractivity contribution >= 4 is 5.97 Å². The summed E-state index contributed by atoms with van der Waals surface area (Å²) >= 11 is 0. The number of hydrogen-bond acceptors (Lipinski definition) is 3. The molecule has 16 heavy (non-hydrogen) atoms. The molecule has 1 atom stereocenters. The number of carboxylic acids is 1. The maximum atomic E-state index is 10.4. The van der Waals surface area contributed by atoms with Gasteiger partial charge in [-0.15, -0.1) is 0 Å². The fourth-order valence-electron chi connectivity index (χ4n) is 1.28. The maximum absolute atomic E-state index is 10.4. The van der Waals surface area contributed by atoms with Gasteiger partial charge in [0, 0.05) is 12.5 Å². The van der Waals surface area contributed by atoms with E-state index in [9.17, 15) is 4.79 Å². The zero-order valence-corrected chi connectivity index (χ0v) is 9.88. The highest BCUT2D eigenvalue weighted by molar-refractivity contribution is 5.66. The second-order valence-electron chi connectivity index (χ2n) is 4.11. The zero-order valence-electron chi connectivity index (χ0n) is 9.88. The number of hydrogen-bond donors (Lipinski definition) is 1. The summed E-state index contributed by atoms with van der Waals surface area (Å²) in [4.78, 5) is 10.4. The van der Waals surface area contributed by atoms with Crippen LogP contribution >= 0.6 is 0 Å². The molecule has 0 bridgehead atoms. The number of carboxylic acid groups (broad SMARTS) is 1. The summed E-state index contributed by atoms with van der Waals surface area (Å²) in [6.45, 7) is 5.92. The molecule has 1 N–H and O–H groups in total. The SMILES string of the molecule is CC(CCC(=O)O)Oc1cnn(C(C)C)c1. The summed E-state index contributed by atoms with van der Waals surface area (Å²) in [6.07, 6.45) is 3.99. The van der Waals surface area contributed by atoms with Gasteiger partial charge in [0.05, 0.1) is 18.5 Å². The molecule has 0 saturated heterocycles. The van der Waals surface area contributed by atoms with Crippen molar-refractivity contribution in [2.45, 2.75) is 45.8 Å². The molecule has 1 aromatic rings. The number of carbonyl (C=O) groups is 1. The predicted octanol–water partition coefficient (Wildman–Crippen LogP) is 2.10. The van der Waals surface area contributed by atoms with Crippen LogP contribution < -0.4 is 4.74 Å². The highest BCUT2D eigenvalue weighted by Crippen LogP contribution is 2.15. The zero-order chi connectivity index (χ0) is 12.1. The molecule has 0 fully saturated rings. The Morgan fingerprint density at radius 2 is 2.25 bits per heavy atom. The average molecular weight is 226 g/mol. The minimum atomic E-state index is -0.798. The normalized spacial score (nSPS) is 12.8. The average Bonchev–Trinajstić information content (AvgIpc) is 2.63. The monoisotopic (exact) mass is 226 g/mol. The molecule has 0 amide bonds. The van der Waals surface area contributed by atoms with E-state index in [4.69, 9.17) is 9.84 Å². The quantitative estimate of drug-likeness (QED) is 0.806. The van der Waals surface area contributed by atoms with Crippen LogP contribution in [0.5, 0.6) is 5.75 Å². The van der Waals surface area contributed by atoms with Gasteiger partial charge in [-0.05, 0) is 27.2 Å². The second kappa shape index (κ2) is 5.53. The minimum Gasteiger partial charge on any atom is -0.487 e. The number of aliphatic carboxylic acids is 1. The number of aromatic nitrogens is 2. The van der Waals surface area contributed by atoms with Gasteiger partial charge in [0.1, 0.15) is 0 Å². The van der Waals surface area contributed by atoms with Crippen LogP contribution in [0.1, 0.15) is 39.7 Å². The molecular formula is C11H18N2O3. The highest BCUT2D eigenvalue weighted by atomic mass is 16.5. The molecule has 0 spiro atoms. The van der Waals surface area contributed by atoms with Crippen LogP contribution in [0.15, 0.2) is 12.4 Å². The molecule has 1 rings (SSSR count). The third-order valence-electron chi connectivity index (χ3n) is 2.21. The number of rotatable bonds is 6. The van der Waals surface area contributed by atoms with E-state index in [0.29, 0.717) is 18.2 Å². The van der Waals surface area contributed by atoms with E-state index in [0.717, 1.165) is 0 Å². The Hall–Kier alpha value is -1.52. The Bertz CT molecular complexity index is 347. The van der Waals surface area contributed by atoms with Crippen LogP contribution in [0.4, 0.5) is 0 Å². The lowest BCUT2D eigenvalue weighted by molar-refractivity contribution is -0.137. The number of nitrogens with zero attached hydrogens (tertiary/aromatic N) is 2. The van der Waals surface area contributed by atoms with Crippen molar-refractivity contribution in [2.75, 3.05) is 0 Å². The summed E-state index contributed by atoms with van der Waals surface area (Å²) in [5, 5.41) is 12.7. The fourth-order valence-corrected chi connectivity index (χ4v) is 1.28. The van der Waals surface area contributed by atoms with Crippen molar-refractivity contribution < 1.29 is 14.6 Å². The smallest absolute Gasteiger partial charge is 0.303 e. The molecule has 0 saturated carbocycles. The van der Waals surface area contributed by atoms with Crippen LogP contribution in [0.2, 0.25) is 0 Å². The molecule has 0 aliphatic carbocycles. The Labute approximate surface area is 95.0 Å². The van der Waals surface area contributed by atoms with Gasteiger partial charge >= 0.3 is 5.97 Å². The summed E-state index contributed by atoms with van der Waals surface area (Å²) in [7, 11) is 0. The molecule has 90 valence electrons. The van der Waals surface area contributed by atoms with E-state index in [2.05, 4.69) is 5.10 Å². The van der Waals surface area contributed by atoms with Crippen molar-refractivity contribution in [2.24, 2.45) is 0 Å². The molecule has 1 heterocycles. The van der Waals surface area contributed by atoms with Crippen LogP contribution in [0.3, 0.4) is 0 Å². The van der Waals surface area contributed by atoms with E-state index in [1.54, 1.807) is 10.9 Å². The van der Waals surface area contributed by atoms with E-state index >= 15 is 0 Å². The molecule has 0 aromatic carbocycles. The number of ether oxygens (including phenoxy) is 1. The summed E-state index contributed by atoms with van der Waals surface area (Å²) < 4.78 is 7.35. The Kier molecular flexibility index (Phi) is 4.34. The molecule has 0 aliphatic rings. The molecule has 1 unspecified atom stereocenters. The molecule has 5 nitrogen and oxygen atoms in total. The van der Waals surface area contributed by atoms with Crippen molar-refractivity contribution in [1.29, 1.82) is 0 Å². The maximum Gasteiger partial charge on any atom is 0.303 e. The van der Waals surface area contributed by atoms with Gasteiger partial charge in [-0.3, -0.25) is 9.48 Å². The highest BCUT2D eigenvalue weighted by Gasteiger charge is 2.09. The van der Waals surface area contributed by atoms with Crippen molar-refractivity contribution in [3.8, 4) is 5.75 Å². The summed E-state index contributed by atoms with van der Waals surface area (Å²) in [5.74, 6) is -0.111. The van der Waals surface area contributed by atoms with Crippen LogP contribution in [0, 0.1) is 0 Å². The third kappa shape index (κ3) is 3.92. The van der Waals surface area contributed by atoms with Crippen LogP contribution in [-0.2, 0) is 4.79 Å². The lowest BCUT2D eigenvalue weighted by Gasteiger charge is -2.11. The third-order valence-corrected chi connectivity index (χ3v) is 2.21. The first kappa shape index (κ1) is 12.5. The summed E-state index contributed by atoms with van der Waals surface area (Å²) in [5.41, 5.74) is 0. The Morgan fingerprint density at radius 3 is 2.75 bits per heavy atom. The molecule has 0 aliphatic heterocycles. The topological polar surface area (TPSA) is 64.3 Å². The van der Waals surface area contributed by atoms with Gasteiger partial charge in [-0.2, -0.15) is 5.10 Å². The first-order chi connectivity index (χ1) is 7.49. The lowest BCUT2D eigenvalue weighted by atomic mass is 10.2. The molecule has 0 radical (unpaired) electrons. The van der Waals surface area contributed by atoms with E-state index in [1.807, 2.05) is 27.0 Å². The molecule has 1 aromatic heterocycles. The Morgan fingerprint density at radius 1 is 1.56 bits per heavy atom. The standard InChI is InChI=1S/C11H18N2O3/c1-8(2)13-7-10(6-12-13)16-9(3)4-5-11(14)15/h6-9H,4-5H2,1-3H3,(H,14,15). The molecular weight excluding hydrogens is 208 g/mol. The predicted molar refractivity (Wildman–Crippen MR) is 59.6 cm³/mol. The van der Waals surface area contributed by atoms with Crippen molar-refractivity contribution in [1.82, 2.24) is 9.78 Å². The Balaban J connectivity index is 2.43. The fraction of sp³-hybridized carbons (Fsp3) is 0.636. The van der Waals surface area contributed by atoms with Gasteiger partial charge in [0.25, 0.3) is 0 Å². The van der Waals surface area contributed by atoms with Crippen molar-refractivity contribution in [3.05, 3.63) is 12.4 Å². The van der Waals surface area contributed by atoms with Crippen LogP contribution in [0.25, 0.3) is 0 Å². The van der Waals surface area contributed by atoms with Gasteiger partial charge in [-0.1, -0.05) is 0 Å². The lowest BCUT2D eigenvalue weighted by Crippen LogP contribution is -2.13. The molecule has 5 heteroatoms. The van der Waals surface area contributed by atoms with Gasteiger partial charge in [0.15, 0.2) is 5.75 Å². The van der Waals surface area contributed by atoms with E-state index < -0.39 is 5.97 Å². The first-order valence-corrected chi connectivity index (χ1v) is 5.41. The van der Waals surface area contributed by atoms with Crippen LogP contribution in [-0.4, -0.2) is 27.0 Å². The van der Waals surface area contributed by atoms with E-state index in [-0.39, 0.29) is 12.5 Å². The van der Waals surface area contributed by atoms with E-state index in [1.165, 1.54) is 0 Å². The van der Waals surface area contributed by atoms with Gasteiger partial charge < -0.3 is 9.84 Å². The first-order valence-electron chi connectivity index (χ1n) is 5.41. The minimum absolute atomic E-state index is 0.110. The largest absolute Gasteiger partial charge is 0.487 e. The summed E-state index contributed by atoms with van der Waals surface area (Å²) in [6, 6.07) is 0.298. The second-order valence-corrected chi connectivity index (χ2v) is 4.11. The van der Waals surface area contributed by atoms with Gasteiger partial charge in [-0.25, -0.2) is 0 Å². The van der Waals surface area contributed by atoms with Crippen molar-refractivity contribution in [3.63, 3.8) is 0 Å².